The van der Waals surface area contributed by atoms with Gasteiger partial charge in [-0.1, -0.05) is 17.2 Å². The van der Waals surface area contributed by atoms with E-state index < -0.39 is 11.7 Å². The molecule has 0 atom stereocenters. The summed E-state index contributed by atoms with van der Waals surface area (Å²) in [6, 6.07) is 8.56. The number of fused-ring (bicyclic) bond motifs is 1. The molecule has 4 rings (SSSR count). The summed E-state index contributed by atoms with van der Waals surface area (Å²) in [5.74, 6) is 0.486. The van der Waals surface area contributed by atoms with E-state index in [-0.39, 0.29) is 18.5 Å². The number of nitrogens with one attached hydrogen (secondary N) is 1. The molecule has 0 saturated carbocycles. The third kappa shape index (κ3) is 2.79. The molecule has 0 fully saturated rings. The molecular formula is C17H14N4O5. The predicted molar refractivity (Wildman–Crippen MR) is 90.6 cm³/mol. The maximum absolute atomic E-state index is 12.2. The number of rotatable bonds is 4. The summed E-state index contributed by atoms with van der Waals surface area (Å²) in [6.07, 6.45) is 0. The van der Waals surface area contributed by atoms with Crippen molar-refractivity contribution >= 4 is 23.0 Å². The summed E-state index contributed by atoms with van der Waals surface area (Å²) < 4.78 is 17.2. The molecule has 1 N–H and O–H groups in total. The van der Waals surface area contributed by atoms with Crippen molar-refractivity contribution < 1.29 is 18.0 Å². The third-order valence-electron chi connectivity index (χ3n) is 3.82. The van der Waals surface area contributed by atoms with Gasteiger partial charge in [-0.3, -0.25) is 14.7 Å². The lowest BCUT2D eigenvalue weighted by Crippen LogP contribution is -2.24. The van der Waals surface area contributed by atoms with E-state index in [0.29, 0.717) is 28.2 Å². The monoisotopic (exact) mass is 354 g/mol. The van der Waals surface area contributed by atoms with Crippen LogP contribution in [0.4, 0.5) is 6.01 Å². The number of hydrogen-bond acceptors (Lipinski definition) is 7. The first-order chi connectivity index (χ1) is 12.5. The number of aromatic nitrogens is 3. The Balaban J connectivity index is 1.53. The molecule has 0 aliphatic heterocycles. The Morgan fingerprint density at radius 2 is 1.96 bits per heavy atom. The number of benzene rings is 1. The molecule has 0 spiro atoms. The summed E-state index contributed by atoms with van der Waals surface area (Å²) in [4.78, 5) is 24.1. The Bertz CT molecular complexity index is 1160. The van der Waals surface area contributed by atoms with E-state index in [4.69, 9.17) is 13.3 Å². The Hall–Kier alpha value is -3.62. The topological polar surface area (TPSA) is 116 Å². The Morgan fingerprint density at radius 1 is 1.15 bits per heavy atom. The summed E-state index contributed by atoms with van der Waals surface area (Å²) >= 11 is 0. The van der Waals surface area contributed by atoms with Gasteiger partial charge in [-0.05, 0) is 32.0 Å². The van der Waals surface area contributed by atoms with Crippen LogP contribution in [0.3, 0.4) is 0 Å². The van der Waals surface area contributed by atoms with Crippen LogP contribution in [0, 0.1) is 13.8 Å². The maximum Gasteiger partial charge on any atom is 0.420 e. The molecule has 0 radical (unpaired) electrons. The molecule has 0 unspecified atom stereocenters. The Morgan fingerprint density at radius 3 is 2.73 bits per heavy atom. The number of oxazole rings is 1. The highest BCUT2D eigenvalue weighted by molar-refractivity contribution is 5.89. The molecule has 26 heavy (non-hydrogen) atoms. The Labute approximate surface area is 146 Å². The van der Waals surface area contributed by atoms with E-state index in [1.54, 1.807) is 37.3 Å². The molecule has 9 heteroatoms. The average Bonchev–Trinajstić information content (AvgIpc) is 3.26. The fraction of sp³-hybridized carbons (Fsp3) is 0.176. The van der Waals surface area contributed by atoms with E-state index in [9.17, 15) is 9.59 Å². The lowest BCUT2D eigenvalue weighted by atomic mass is 10.2. The van der Waals surface area contributed by atoms with Crippen molar-refractivity contribution in [2.75, 3.05) is 5.32 Å². The zero-order valence-corrected chi connectivity index (χ0v) is 14.0. The first-order valence-electron chi connectivity index (χ1n) is 7.80. The smallest absolute Gasteiger partial charge is 0.420 e. The summed E-state index contributed by atoms with van der Waals surface area (Å²) in [6.45, 7) is 3.35. The quantitative estimate of drug-likeness (QED) is 0.598. The van der Waals surface area contributed by atoms with Crippen LogP contribution in [0.5, 0.6) is 0 Å². The molecule has 1 amide bonds. The normalized spacial score (nSPS) is 11.2. The van der Waals surface area contributed by atoms with Crippen LogP contribution >= 0.6 is 0 Å². The van der Waals surface area contributed by atoms with Crippen LogP contribution in [-0.2, 0) is 11.3 Å². The number of hydrogen-bond donors (Lipinski definition) is 1. The molecule has 0 aliphatic rings. The largest absolute Gasteiger partial charge is 0.466 e. The van der Waals surface area contributed by atoms with Gasteiger partial charge in [0, 0.05) is 0 Å². The van der Waals surface area contributed by atoms with Gasteiger partial charge in [-0.2, -0.15) is 0 Å². The van der Waals surface area contributed by atoms with Gasteiger partial charge in [-0.15, -0.1) is 5.10 Å². The number of anilines is 1. The van der Waals surface area contributed by atoms with E-state index in [1.165, 1.54) is 4.57 Å². The second-order valence-electron chi connectivity index (χ2n) is 5.71. The summed E-state index contributed by atoms with van der Waals surface area (Å²) in [7, 11) is 0. The standard InChI is InChI=1S/C17H14N4O5/c1-9-7-11(10(2)24-9)15-19-20-16(26-15)18-14(22)8-21-12-5-3-4-6-13(12)25-17(21)23/h3-7H,8H2,1-2H3,(H,18,20,22). The van der Waals surface area contributed by atoms with Crippen molar-refractivity contribution in [3.8, 4) is 11.5 Å². The van der Waals surface area contributed by atoms with Gasteiger partial charge < -0.3 is 13.3 Å². The number of amides is 1. The minimum Gasteiger partial charge on any atom is -0.466 e. The van der Waals surface area contributed by atoms with Crippen LogP contribution < -0.4 is 11.1 Å². The zero-order chi connectivity index (χ0) is 18.3. The lowest BCUT2D eigenvalue weighted by Gasteiger charge is -2.01. The second kappa shape index (κ2) is 6.03. The molecule has 0 aliphatic carbocycles. The summed E-state index contributed by atoms with van der Waals surface area (Å²) in [5, 5.41) is 10.2. The molecule has 0 bridgehead atoms. The third-order valence-corrected chi connectivity index (χ3v) is 3.82. The predicted octanol–water partition coefficient (Wildman–Crippen LogP) is 2.49. The van der Waals surface area contributed by atoms with Gasteiger partial charge in [0.15, 0.2) is 5.58 Å². The van der Waals surface area contributed by atoms with Crippen LogP contribution in [0.25, 0.3) is 22.6 Å². The lowest BCUT2D eigenvalue weighted by molar-refractivity contribution is -0.116. The molecule has 1 aromatic carbocycles. The SMILES string of the molecule is Cc1cc(-c2nnc(NC(=O)Cn3c(=O)oc4ccccc43)o2)c(C)o1. The van der Waals surface area contributed by atoms with Crippen molar-refractivity contribution in [1.82, 2.24) is 14.8 Å². The van der Waals surface area contributed by atoms with Crippen LogP contribution in [0.1, 0.15) is 11.5 Å². The number of nitrogens with zero attached hydrogens (tertiary/aromatic N) is 3. The highest BCUT2D eigenvalue weighted by Crippen LogP contribution is 2.26. The molecule has 132 valence electrons. The van der Waals surface area contributed by atoms with Gasteiger partial charge in [0.05, 0.1) is 11.1 Å². The van der Waals surface area contributed by atoms with E-state index in [2.05, 4.69) is 15.5 Å². The molecule has 0 saturated heterocycles. The van der Waals surface area contributed by atoms with Crippen LogP contribution in [0.2, 0.25) is 0 Å². The van der Waals surface area contributed by atoms with Crippen molar-refractivity contribution in [1.29, 1.82) is 0 Å². The van der Waals surface area contributed by atoms with Crippen LogP contribution in [-0.4, -0.2) is 20.7 Å². The van der Waals surface area contributed by atoms with Crippen LogP contribution in [0.15, 0.2) is 48.4 Å². The minimum absolute atomic E-state index is 0.0656. The van der Waals surface area contributed by atoms with Crippen molar-refractivity contribution in [3.63, 3.8) is 0 Å². The molecule has 3 aromatic heterocycles. The molecular weight excluding hydrogens is 340 g/mol. The summed E-state index contributed by atoms with van der Waals surface area (Å²) in [5.41, 5.74) is 1.60. The molecule has 4 aromatic rings. The van der Waals surface area contributed by atoms with E-state index in [0.717, 1.165) is 0 Å². The number of para-hydroxylation sites is 2. The Kier molecular flexibility index (Phi) is 3.68. The minimum atomic E-state index is -0.614. The highest BCUT2D eigenvalue weighted by atomic mass is 16.4. The van der Waals surface area contributed by atoms with Gasteiger partial charge in [-0.25, -0.2) is 4.79 Å². The van der Waals surface area contributed by atoms with Gasteiger partial charge in [0.25, 0.3) is 5.89 Å². The van der Waals surface area contributed by atoms with E-state index >= 15 is 0 Å². The van der Waals surface area contributed by atoms with E-state index in [1.807, 2.05) is 6.92 Å². The maximum atomic E-state index is 12.2. The second-order valence-corrected chi connectivity index (χ2v) is 5.71. The first kappa shape index (κ1) is 15.9. The highest BCUT2D eigenvalue weighted by Gasteiger charge is 2.17. The first-order valence-corrected chi connectivity index (χ1v) is 7.80. The molecule has 9 nitrogen and oxygen atoms in total. The fourth-order valence-electron chi connectivity index (χ4n) is 2.69. The average molecular weight is 354 g/mol. The van der Waals surface area contributed by atoms with Crippen molar-refractivity contribution in [2.45, 2.75) is 20.4 Å². The zero-order valence-electron chi connectivity index (χ0n) is 14.0. The number of aryl methyl sites for hydroxylation is 2. The van der Waals surface area contributed by atoms with Gasteiger partial charge in [0.2, 0.25) is 5.91 Å². The molecule has 3 heterocycles. The fourth-order valence-corrected chi connectivity index (χ4v) is 2.69. The van der Waals surface area contributed by atoms with Gasteiger partial charge >= 0.3 is 11.8 Å². The van der Waals surface area contributed by atoms with Crippen molar-refractivity contribution in [3.05, 3.63) is 52.4 Å². The van der Waals surface area contributed by atoms with Crippen molar-refractivity contribution in [2.24, 2.45) is 0 Å². The number of carbonyl (C=O) groups excluding carboxylic acids is 1. The number of furan rings is 1. The number of carbonyl (C=O) groups is 1. The van der Waals surface area contributed by atoms with Gasteiger partial charge in [0.1, 0.15) is 18.1 Å².